The number of fused-ring (bicyclic) bond motifs is 1. The van der Waals surface area contributed by atoms with E-state index in [1.807, 2.05) is 29.2 Å². The normalized spacial score (nSPS) is 16.0. The zero-order valence-electron chi connectivity index (χ0n) is 15.9. The monoisotopic (exact) mass is 381 g/mol. The second-order valence-corrected chi connectivity index (χ2v) is 6.62. The van der Waals surface area contributed by atoms with Crippen molar-refractivity contribution in [2.75, 3.05) is 26.0 Å². The molecule has 2 N–H and O–H groups in total. The number of anilines is 1. The molecular formula is C21H23N3O4. The third kappa shape index (κ3) is 4.37. The summed E-state index contributed by atoms with van der Waals surface area (Å²) in [4.78, 5) is 38.4. The average Bonchev–Trinajstić information content (AvgIpc) is 2.72. The first kappa shape index (κ1) is 19.6. The average molecular weight is 381 g/mol. The van der Waals surface area contributed by atoms with E-state index in [2.05, 4.69) is 10.6 Å². The van der Waals surface area contributed by atoms with E-state index in [-0.39, 0.29) is 24.3 Å². The van der Waals surface area contributed by atoms with Crippen LogP contribution >= 0.6 is 0 Å². The number of hydrogen-bond donors (Lipinski definition) is 2. The van der Waals surface area contributed by atoms with Gasteiger partial charge in [0.05, 0.1) is 13.7 Å². The van der Waals surface area contributed by atoms with Gasteiger partial charge in [0.2, 0.25) is 5.91 Å². The molecule has 0 saturated carbocycles. The fourth-order valence-electron chi connectivity index (χ4n) is 3.38. The van der Waals surface area contributed by atoms with E-state index in [4.69, 9.17) is 4.74 Å². The highest BCUT2D eigenvalue weighted by Gasteiger charge is 2.33. The maximum absolute atomic E-state index is 12.6. The largest absolute Gasteiger partial charge is 0.468 e. The van der Waals surface area contributed by atoms with Gasteiger partial charge in [0.1, 0.15) is 6.04 Å². The van der Waals surface area contributed by atoms with Gasteiger partial charge in [-0.05, 0) is 35.7 Å². The molecule has 2 amide bonds. The molecule has 1 aliphatic heterocycles. The molecule has 2 aromatic carbocycles. The van der Waals surface area contributed by atoms with Crippen molar-refractivity contribution in [2.24, 2.45) is 0 Å². The first-order valence-corrected chi connectivity index (χ1v) is 9.02. The highest BCUT2D eigenvalue weighted by molar-refractivity contribution is 5.97. The van der Waals surface area contributed by atoms with Gasteiger partial charge in [-0.2, -0.15) is 0 Å². The number of rotatable bonds is 5. The molecule has 0 saturated heterocycles. The molecule has 3 rings (SSSR count). The Labute approximate surface area is 163 Å². The third-order valence-corrected chi connectivity index (χ3v) is 4.80. The SMILES string of the molecule is CNC(=O)c1cccc(NC(=O)CN2Cc3ccccc3C[C@H]2C(=O)OC)c1. The summed E-state index contributed by atoms with van der Waals surface area (Å²) in [5.41, 5.74) is 3.17. The van der Waals surface area contributed by atoms with Crippen molar-refractivity contribution >= 4 is 23.5 Å². The van der Waals surface area contributed by atoms with E-state index in [0.717, 1.165) is 11.1 Å². The molecule has 0 fully saturated rings. The smallest absolute Gasteiger partial charge is 0.323 e. The van der Waals surface area contributed by atoms with Crippen LogP contribution in [0.3, 0.4) is 0 Å². The molecule has 1 atom stereocenters. The van der Waals surface area contributed by atoms with Crippen molar-refractivity contribution in [3.8, 4) is 0 Å². The zero-order valence-corrected chi connectivity index (χ0v) is 15.9. The van der Waals surface area contributed by atoms with Crippen LogP contribution in [0.5, 0.6) is 0 Å². The molecule has 1 aliphatic rings. The number of esters is 1. The Kier molecular flexibility index (Phi) is 6.06. The van der Waals surface area contributed by atoms with Crippen LogP contribution in [0.2, 0.25) is 0 Å². The summed E-state index contributed by atoms with van der Waals surface area (Å²) in [6, 6.07) is 14.1. The molecule has 7 heteroatoms. The van der Waals surface area contributed by atoms with Crippen LogP contribution in [-0.2, 0) is 27.3 Å². The first-order valence-electron chi connectivity index (χ1n) is 9.02. The van der Waals surface area contributed by atoms with E-state index in [1.54, 1.807) is 31.3 Å². The maximum atomic E-state index is 12.6. The number of nitrogens with zero attached hydrogens (tertiary/aromatic N) is 1. The quantitative estimate of drug-likeness (QED) is 0.768. The molecule has 0 radical (unpaired) electrons. The second kappa shape index (κ2) is 8.67. The minimum Gasteiger partial charge on any atom is -0.468 e. The number of ether oxygens (including phenoxy) is 1. The highest BCUT2D eigenvalue weighted by Crippen LogP contribution is 2.24. The van der Waals surface area contributed by atoms with Gasteiger partial charge in [-0.25, -0.2) is 0 Å². The van der Waals surface area contributed by atoms with Crippen LogP contribution in [-0.4, -0.2) is 49.4 Å². The van der Waals surface area contributed by atoms with E-state index in [0.29, 0.717) is 24.2 Å². The van der Waals surface area contributed by atoms with E-state index in [1.165, 1.54) is 7.11 Å². The number of nitrogens with one attached hydrogen (secondary N) is 2. The molecule has 0 aliphatic carbocycles. The van der Waals surface area contributed by atoms with E-state index in [9.17, 15) is 14.4 Å². The first-order chi connectivity index (χ1) is 13.5. The summed E-state index contributed by atoms with van der Waals surface area (Å²) >= 11 is 0. The lowest BCUT2D eigenvalue weighted by Gasteiger charge is -2.34. The highest BCUT2D eigenvalue weighted by atomic mass is 16.5. The standard InChI is InChI=1S/C21H23N3O4/c1-22-20(26)15-8-5-9-17(10-15)23-19(25)13-24-12-16-7-4-3-6-14(16)11-18(24)21(27)28-2/h3-10,18H,11-13H2,1-2H3,(H,22,26)(H,23,25)/t18-/m0/s1. The third-order valence-electron chi connectivity index (χ3n) is 4.80. The van der Waals surface area contributed by atoms with Crippen LogP contribution < -0.4 is 10.6 Å². The maximum Gasteiger partial charge on any atom is 0.323 e. The van der Waals surface area contributed by atoms with Crippen molar-refractivity contribution in [1.82, 2.24) is 10.2 Å². The molecular weight excluding hydrogens is 358 g/mol. The van der Waals surface area contributed by atoms with Gasteiger partial charge >= 0.3 is 5.97 Å². The lowest BCUT2D eigenvalue weighted by atomic mass is 9.94. The molecule has 0 spiro atoms. The lowest BCUT2D eigenvalue weighted by Crippen LogP contribution is -2.49. The van der Waals surface area contributed by atoms with Crippen molar-refractivity contribution < 1.29 is 19.1 Å². The Bertz CT molecular complexity index is 897. The van der Waals surface area contributed by atoms with Crippen molar-refractivity contribution in [3.63, 3.8) is 0 Å². The molecule has 0 aromatic heterocycles. The Morgan fingerprint density at radius 1 is 1.11 bits per heavy atom. The van der Waals surface area contributed by atoms with Gasteiger partial charge in [0.15, 0.2) is 0 Å². The Hall–Kier alpha value is -3.19. The topological polar surface area (TPSA) is 87.7 Å². The molecule has 2 aromatic rings. The number of hydrogen-bond acceptors (Lipinski definition) is 5. The van der Waals surface area contributed by atoms with E-state index < -0.39 is 6.04 Å². The molecule has 7 nitrogen and oxygen atoms in total. The number of amides is 2. The number of methoxy groups -OCH3 is 1. The van der Waals surface area contributed by atoms with Crippen molar-refractivity contribution in [3.05, 3.63) is 65.2 Å². The molecule has 1 heterocycles. The van der Waals surface area contributed by atoms with Gasteiger partial charge in [-0.1, -0.05) is 30.3 Å². The minimum absolute atomic E-state index is 0.0400. The summed E-state index contributed by atoms with van der Waals surface area (Å²) in [5, 5.41) is 5.35. The van der Waals surface area contributed by atoms with Gasteiger partial charge in [0, 0.05) is 24.8 Å². The summed E-state index contributed by atoms with van der Waals surface area (Å²) in [6.45, 7) is 0.528. The predicted octanol–water partition coefficient (Wildman–Crippen LogP) is 1.58. The second-order valence-electron chi connectivity index (χ2n) is 6.62. The van der Waals surface area contributed by atoms with Crippen LogP contribution in [0.1, 0.15) is 21.5 Å². The molecule has 0 unspecified atom stereocenters. The van der Waals surface area contributed by atoms with Gasteiger partial charge in [-0.15, -0.1) is 0 Å². The predicted molar refractivity (Wildman–Crippen MR) is 105 cm³/mol. The summed E-state index contributed by atoms with van der Waals surface area (Å²) in [6.07, 6.45) is 0.502. The zero-order chi connectivity index (χ0) is 20.1. The fraction of sp³-hybridized carbons (Fsp3) is 0.286. The van der Waals surface area contributed by atoms with E-state index >= 15 is 0 Å². The Morgan fingerprint density at radius 3 is 2.57 bits per heavy atom. The van der Waals surface area contributed by atoms with Crippen LogP contribution in [0, 0.1) is 0 Å². The summed E-state index contributed by atoms with van der Waals surface area (Å²) < 4.78 is 4.93. The molecule has 28 heavy (non-hydrogen) atoms. The summed E-state index contributed by atoms with van der Waals surface area (Å²) in [5.74, 6) is -0.847. The van der Waals surface area contributed by atoms with Crippen molar-refractivity contribution in [2.45, 2.75) is 19.0 Å². The van der Waals surface area contributed by atoms with Crippen LogP contribution in [0.4, 0.5) is 5.69 Å². The van der Waals surface area contributed by atoms with Crippen LogP contribution in [0.25, 0.3) is 0 Å². The van der Waals surface area contributed by atoms with Gasteiger partial charge < -0.3 is 15.4 Å². The minimum atomic E-state index is -0.511. The summed E-state index contributed by atoms with van der Waals surface area (Å²) in [7, 11) is 2.90. The molecule has 0 bridgehead atoms. The Balaban J connectivity index is 1.73. The number of carbonyl (C=O) groups excluding carboxylic acids is 3. The number of benzene rings is 2. The van der Waals surface area contributed by atoms with Crippen molar-refractivity contribution in [1.29, 1.82) is 0 Å². The lowest BCUT2D eigenvalue weighted by molar-refractivity contribution is -0.148. The van der Waals surface area contributed by atoms with Gasteiger partial charge in [0.25, 0.3) is 5.91 Å². The number of carbonyl (C=O) groups is 3. The molecule has 146 valence electrons. The van der Waals surface area contributed by atoms with Gasteiger partial charge in [-0.3, -0.25) is 19.3 Å². The Morgan fingerprint density at radius 2 is 1.86 bits per heavy atom. The fourth-order valence-corrected chi connectivity index (χ4v) is 3.38. The van der Waals surface area contributed by atoms with Crippen LogP contribution in [0.15, 0.2) is 48.5 Å².